The number of aromatic hydroxyl groups is 1. The minimum Gasteiger partial charge on any atom is -0.508 e. The van der Waals surface area contributed by atoms with Crippen LogP contribution in [0.4, 0.5) is 0 Å². The summed E-state index contributed by atoms with van der Waals surface area (Å²) in [6.07, 6.45) is 5.12. The molecular formula is C12H13NO. The van der Waals surface area contributed by atoms with Gasteiger partial charge in [0.05, 0.1) is 0 Å². The van der Waals surface area contributed by atoms with E-state index in [1.54, 1.807) is 36.7 Å². The van der Waals surface area contributed by atoms with Gasteiger partial charge in [0.15, 0.2) is 0 Å². The Morgan fingerprint density at radius 3 is 2.86 bits per heavy atom. The Hall–Kier alpha value is -1.83. The molecule has 1 aromatic carbocycles. The van der Waals surface area contributed by atoms with Crippen molar-refractivity contribution in [1.29, 1.82) is 0 Å². The molecule has 0 aliphatic rings. The highest BCUT2D eigenvalue weighted by atomic mass is 16.3. The van der Waals surface area contributed by atoms with Gasteiger partial charge in [0, 0.05) is 12.4 Å². The van der Waals surface area contributed by atoms with Gasteiger partial charge in [0.1, 0.15) is 5.75 Å². The fraction of sp³-hybridized carbons (Fsp3) is 0.0833. The number of rotatable bonds is 3. The molecule has 14 heavy (non-hydrogen) atoms. The van der Waals surface area contributed by atoms with Crippen LogP contribution in [0.15, 0.2) is 48.1 Å². The molecular weight excluding hydrogens is 174 g/mol. The summed E-state index contributed by atoms with van der Waals surface area (Å²) in [7, 11) is 0. The Labute approximate surface area is 83.9 Å². The average molecular weight is 187 g/mol. The first-order valence-electron chi connectivity index (χ1n) is 4.37. The zero-order valence-corrected chi connectivity index (χ0v) is 8.14. The third-order valence-corrected chi connectivity index (χ3v) is 1.76. The fourth-order valence-electron chi connectivity index (χ4n) is 1.09. The molecule has 0 bridgehead atoms. The van der Waals surface area contributed by atoms with Crippen LogP contribution < -0.4 is 0 Å². The fourth-order valence-corrected chi connectivity index (χ4v) is 1.09. The topological polar surface area (TPSA) is 32.6 Å². The lowest BCUT2D eigenvalue weighted by molar-refractivity contribution is 0.475. The summed E-state index contributed by atoms with van der Waals surface area (Å²) in [5.74, 6) is 0.246. The van der Waals surface area contributed by atoms with E-state index in [9.17, 15) is 5.11 Å². The number of benzene rings is 1. The first kappa shape index (κ1) is 10.3. The van der Waals surface area contributed by atoms with Gasteiger partial charge in [-0.3, -0.25) is 4.99 Å². The number of nitrogens with zero attached hydrogens (tertiary/aromatic N) is 1. The summed E-state index contributed by atoms with van der Waals surface area (Å²) in [4.78, 5) is 4.01. The normalized spacial score (nSPS) is 11.9. The van der Waals surface area contributed by atoms with Gasteiger partial charge >= 0.3 is 0 Å². The number of phenols is 1. The Morgan fingerprint density at radius 1 is 1.50 bits per heavy atom. The van der Waals surface area contributed by atoms with E-state index in [4.69, 9.17) is 0 Å². The van der Waals surface area contributed by atoms with Gasteiger partial charge in [0.25, 0.3) is 0 Å². The third kappa shape index (κ3) is 2.59. The molecule has 0 heterocycles. The van der Waals surface area contributed by atoms with Crippen LogP contribution in [0.1, 0.15) is 12.5 Å². The van der Waals surface area contributed by atoms with Crippen molar-refractivity contribution in [3.05, 3.63) is 48.7 Å². The second-order valence-corrected chi connectivity index (χ2v) is 2.75. The Balaban J connectivity index is 3.06. The molecule has 0 aliphatic heterocycles. The summed E-state index contributed by atoms with van der Waals surface area (Å²) in [5, 5.41) is 9.28. The highest BCUT2D eigenvalue weighted by molar-refractivity contribution is 5.75. The minimum atomic E-state index is 0.246. The molecule has 72 valence electrons. The maximum absolute atomic E-state index is 9.28. The Morgan fingerprint density at radius 2 is 2.29 bits per heavy atom. The number of allylic oxidation sites excluding steroid dienone is 2. The van der Waals surface area contributed by atoms with Crippen LogP contribution in [0.25, 0.3) is 5.57 Å². The molecule has 0 radical (unpaired) electrons. The standard InChI is InChI=1S/C12H13NO/c1-3-10(9-13-4-2)11-6-5-7-12(14)8-11/h3-9,14H,1H2,2H3/b10-9+,13-4-. The smallest absolute Gasteiger partial charge is 0.116 e. The average Bonchev–Trinajstić information content (AvgIpc) is 2.19. The summed E-state index contributed by atoms with van der Waals surface area (Å²) in [5.41, 5.74) is 1.80. The van der Waals surface area contributed by atoms with E-state index in [0.29, 0.717) is 0 Å². The summed E-state index contributed by atoms with van der Waals surface area (Å²) >= 11 is 0. The predicted molar refractivity (Wildman–Crippen MR) is 60.4 cm³/mol. The van der Waals surface area contributed by atoms with Gasteiger partial charge in [-0.2, -0.15) is 0 Å². The predicted octanol–water partition coefficient (Wildman–Crippen LogP) is 3.01. The highest BCUT2D eigenvalue weighted by Crippen LogP contribution is 2.19. The van der Waals surface area contributed by atoms with Crippen molar-refractivity contribution < 1.29 is 5.11 Å². The van der Waals surface area contributed by atoms with Gasteiger partial charge in [-0.25, -0.2) is 0 Å². The van der Waals surface area contributed by atoms with E-state index in [2.05, 4.69) is 11.6 Å². The van der Waals surface area contributed by atoms with Crippen LogP contribution in [0.2, 0.25) is 0 Å². The molecule has 2 nitrogen and oxygen atoms in total. The molecule has 1 aromatic rings. The lowest BCUT2D eigenvalue weighted by Gasteiger charge is -2.00. The van der Waals surface area contributed by atoms with Crippen molar-refractivity contribution in [3.8, 4) is 5.75 Å². The highest BCUT2D eigenvalue weighted by Gasteiger charge is 1.97. The number of hydrogen-bond acceptors (Lipinski definition) is 2. The van der Waals surface area contributed by atoms with E-state index in [1.807, 2.05) is 13.0 Å². The molecule has 0 aromatic heterocycles. The van der Waals surface area contributed by atoms with Gasteiger partial charge in [-0.1, -0.05) is 24.8 Å². The number of aliphatic imine (C=N–C) groups is 1. The maximum atomic E-state index is 9.28. The van der Waals surface area contributed by atoms with Crippen molar-refractivity contribution in [1.82, 2.24) is 0 Å². The van der Waals surface area contributed by atoms with Crippen LogP contribution in [0.3, 0.4) is 0 Å². The van der Waals surface area contributed by atoms with Crippen LogP contribution >= 0.6 is 0 Å². The molecule has 0 fully saturated rings. The lowest BCUT2D eigenvalue weighted by atomic mass is 10.1. The van der Waals surface area contributed by atoms with Crippen LogP contribution in [0, 0.1) is 0 Å². The maximum Gasteiger partial charge on any atom is 0.116 e. The largest absolute Gasteiger partial charge is 0.508 e. The molecule has 0 unspecified atom stereocenters. The third-order valence-electron chi connectivity index (χ3n) is 1.76. The van der Waals surface area contributed by atoms with Gasteiger partial charge in [-0.15, -0.1) is 0 Å². The summed E-state index contributed by atoms with van der Waals surface area (Å²) in [6, 6.07) is 7.00. The number of phenolic OH excluding ortho intramolecular Hbond substituents is 1. The molecule has 0 saturated carbocycles. The van der Waals surface area contributed by atoms with Gasteiger partial charge < -0.3 is 5.11 Å². The molecule has 0 amide bonds. The van der Waals surface area contributed by atoms with E-state index in [1.165, 1.54) is 0 Å². The van der Waals surface area contributed by atoms with E-state index in [-0.39, 0.29) is 5.75 Å². The zero-order valence-electron chi connectivity index (χ0n) is 8.14. The van der Waals surface area contributed by atoms with Crippen LogP contribution in [-0.4, -0.2) is 11.3 Å². The molecule has 0 spiro atoms. The molecule has 0 saturated heterocycles. The summed E-state index contributed by atoms with van der Waals surface area (Å²) in [6.45, 7) is 5.54. The van der Waals surface area contributed by atoms with Crippen molar-refractivity contribution in [2.75, 3.05) is 0 Å². The van der Waals surface area contributed by atoms with Crippen molar-refractivity contribution in [2.45, 2.75) is 6.92 Å². The molecule has 1 N–H and O–H groups in total. The Kier molecular flexibility index (Phi) is 3.68. The number of hydrogen-bond donors (Lipinski definition) is 1. The first-order chi connectivity index (χ1) is 6.77. The van der Waals surface area contributed by atoms with Gasteiger partial charge in [-0.05, 0) is 30.2 Å². The van der Waals surface area contributed by atoms with Crippen molar-refractivity contribution in [3.63, 3.8) is 0 Å². The molecule has 0 atom stereocenters. The SMILES string of the molecule is C=C/C(=C\N=C/C)c1cccc(O)c1. The van der Waals surface area contributed by atoms with E-state index in [0.717, 1.165) is 11.1 Å². The lowest BCUT2D eigenvalue weighted by Crippen LogP contribution is -1.79. The van der Waals surface area contributed by atoms with E-state index < -0.39 is 0 Å². The summed E-state index contributed by atoms with van der Waals surface area (Å²) < 4.78 is 0. The second-order valence-electron chi connectivity index (χ2n) is 2.75. The molecule has 2 heteroatoms. The van der Waals surface area contributed by atoms with Crippen molar-refractivity contribution >= 4 is 11.8 Å². The zero-order chi connectivity index (χ0) is 10.4. The second kappa shape index (κ2) is 5.02. The Bertz CT molecular complexity index is 378. The van der Waals surface area contributed by atoms with Crippen LogP contribution in [0.5, 0.6) is 5.75 Å². The first-order valence-corrected chi connectivity index (χ1v) is 4.37. The van der Waals surface area contributed by atoms with E-state index >= 15 is 0 Å². The van der Waals surface area contributed by atoms with Crippen LogP contribution in [-0.2, 0) is 0 Å². The van der Waals surface area contributed by atoms with Gasteiger partial charge in [0.2, 0.25) is 0 Å². The van der Waals surface area contributed by atoms with Crippen molar-refractivity contribution in [2.24, 2.45) is 4.99 Å². The monoisotopic (exact) mass is 187 g/mol. The quantitative estimate of drug-likeness (QED) is 0.572. The molecule has 0 aliphatic carbocycles. The minimum absolute atomic E-state index is 0.246. The molecule has 1 rings (SSSR count).